The van der Waals surface area contributed by atoms with Crippen LogP contribution in [0, 0.1) is 11.3 Å². The van der Waals surface area contributed by atoms with Gasteiger partial charge in [0.2, 0.25) is 0 Å². The zero-order valence-electron chi connectivity index (χ0n) is 20.1. The largest absolute Gasteiger partial charge is 0.351 e. The minimum atomic E-state index is -0.0577. The van der Waals surface area contributed by atoms with Crippen molar-refractivity contribution in [2.45, 2.75) is 76.0 Å². The number of fused-ring (bicyclic) bond motifs is 3. The van der Waals surface area contributed by atoms with Crippen LogP contribution >= 0.6 is 23.4 Å². The van der Waals surface area contributed by atoms with E-state index >= 15 is 0 Å². The van der Waals surface area contributed by atoms with Crippen LogP contribution in [-0.2, 0) is 11.8 Å². The molecule has 0 heterocycles. The molecule has 1 saturated carbocycles. The van der Waals surface area contributed by atoms with Gasteiger partial charge in [0.15, 0.2) is 0 Å². The first kappa shape index (κ1) is 23.7. The van der Waals surface area contributed by atoms with Crippen LogP contribution < -0.4 is 5.32 Å². The Balaban J connectivity index is 1.58. The van der Waals surface area contributed by atoms with Gasteiger partial charge in [0.1, 0.15) is 0 Å². The normalized spacial score (nSPS) is 27.0. The molecule has 2 aliphatic carbocycles. The first-order valence-corrected chi connectivity index (χ1v) is 13.5. The second-order valence-corrected chi connectivity index (χ2v) is 11.9. The molecule has 1 fully saturated rings. The topological polar surface area (TPSA) is 29.1 Å². The molecule has 0 saturated heterocycles. The first-order chi connectivity index (χ1) is 15.2. The molecule has 4 rings (SSSR count). The minimum Gasteiger partial charge on any atom is -0.351 e. The summed E-state index contributed by atoms with van der Waals surface area (Å²) in [5.74, 6) is 1.05. The molecule has 0 aliphatic heterocycles. The molecule has 0 spiro atoms. The summed E-state index contributed by atoms with van der Waals surface area (Å²) in [5.41, 5.74) is 5.37. The predicted molar refractivity (Wildman–Crippen MR) is 137 cm³/mol. The van der Waals surface area contributed by atoms with Gasteiger partial charge in [0.25, 0.3) is 5.91 Å². The molecule has 0 bridgehead atoms. The maximum Gasteiger partial charge on any atom is 0.252 e. The highest BCUT2D eigenvalue weighted by Crippen LogP contribution is 2.57. The van der Waals surface area contributed by atoms with Crippen LogP contribution in [0.15, 0.2) is 41.3 Å². The third-order valence-electron chi connectivity index (χ3n) is 8.24. The summed E-state index contributed by atoms with van der Waals surface area (Å²) in [5, 5.41) is 3.79. The van der Waals surface area contributed by atoms with Crippen LogP contribution in [-0.4, -0.2) is 18.7 Å². The lowest BCUT2D eigenvalue weighted by Gasteiger charge is -2.55. The van der Waals surface area contributed by atoms with Crippen LogP contribution in [0.4, 0.5) is 0 Å². The third-order valence-corrected chi connectivity index (χ3v) is 9.30. The van der Waals surface area contributed by atoms with Gasteiger partial charge in [-0.15, -0.1) is 11.8 Å². The molecule has 172 valence electrons. The Morgan fingerprint density at radius 2 is 1.97 bits per heavy atom. The fourth-order valence-electron chi connectivity index (χ4n) is 6.36. The van der Waals surface area contributed by atoms with Gasteiger partial charge >= 0.3 is 0 Å². The molecule has 4 heteroatoms. The Morgan fingerprint density at radius 1 is 1.19 bits per heavy atom. The van der Waals surface area contributed by atoms with Gasteiger partial charge in [-0.2, -0.15) is 0 Å². The number of amides is 1. The molecule has 3 atom stereocenters. The Bertz CT molecular complexity index is 1020. The highest BCUT2D eigenvalue weighted by atomic mass is 35.5. The summed E-state index contributed by atoms with van der Waals surface area (Å²) in [7, 11) is 0. The minimum absolute atomic E-state index is 0.0577. The van der Waals surface area contributed by atoms with E-state index in [1.807, 2.05) is 24.5 Å². The highest BCUT2D eigenvalue weighted by Gasteiger charge is 2.51. The molecule has 0 radical (unpaired) electrons. The second-order valence-electron chi connectivity index (χ2n) is 10.6. The van der Waals surface area contributed by atoms with Crippen LogP contribution in [0.25, 0.3) is 0 Å². The SMILES string of the molecule is CSc1ccc(Cl)c(C(=O)NC[C@]2(C)CCC[C@@]3(C)c4cc(C(C)C)ccc4CC[C@@H]23)c1. The number of benzene rings is 2. The molecule has 2 aliphatic rings. The van der Waals surface area contributed by atoms with Gasteiger partial charge in [-0.3, -0.25) is 4.79 Å². The van der Waals surface area contributed by atoms with E-state index in [-0.39, 0.29) is 16.7 Å². The molecule has 2 aromatic carbocycles. The first-order valence-electron chi connectivity index (χ1n) is 11.9. The quantitative estimate of drug-likeness (QED) is 0.456. The third kappa shape index (κ3) is 4.23. The number of carbonyl (C=O) groups excluding carboxylic acids is 1. The zero-order chi connectivity index (χ0) is 23.1. The van der Waals surface area contributed by atoms with E-state index < -0.39 is 0 Å². The number of rotatable bonds is 5. The van der Waals surface area contributed by atoms with E-state index in [0.717, 1.165) is 17.7 Å². The predicted octanol–water partition coefficient (Wildman–Crippen LogP) is 7.63. The van der Waals surface area contributed by atoms with Crippen molar-refractivity contribution in [3.05, 3.63) is 63.7 Å². The van der Waals surface area contributed by atoms with E-state index in [2.05, 4.69) is 51.2 Å². The van der Waals surface area contributed by atoms with Crippen molar-refractivity contribution in [3.63, 3.8) is 0 Å². The Hall–Kier alpha value is -1.45. The van der Waals surface area contributed by atoms with E-state index in [1.165, 1.54) is 30.4 Å². The van der Waals surface area contributed by atoms with Crippen LogP contribution in [0.2, 0.25) is 5.02 Å². The van der Waals surface area contributed by atoms with Crippen molar-refractivity contribution in [2.24, 2.45) is 11.3 Å². The zero-order valence-corrected chi connectivity index (χ0v) is 21.6. The average molecular weight is 470 g/mol. The van der Waals surface area contributed by atoms with Crippen LogP contribution in [0.3, 0.4) is 0 Å². The summed E-state index contributed by atoms with van der Waals surface area (Å²) in [6.07, 6.45) is 7.94. The van der Waals surface area contributed by atoms with Gasteiger partial charge in [-0.05, 0) is 89.5 Å². The Kier molecular flexibility index (Phi) is 6.71. The number of halogens is 1. The number of thioether (sulfide) groups is 1. The average Bonchev–Trinajstić information content (AvgIpc) is 2.77. The smallest absolute Gasteiger partial charge is 0.252 e. The van der Waals surface area contributed by atoms with E-state index in [1.54, 1.807) is 17.3 Å². The molecular formula is C28H36ClNOS. The molecule has 0 unspecified atom stereocenters. The molecule has 1 N–H and O–H groups in total. The molecule has 2 nitrogen and oxygen atoms in total. The van der Waals surface area contributed by atoms with Crippen molar-refractivity contribution in [1.82, 2.24) is 5.32 Å². The molecule has 32 heavy (non-hydrogen) atoms. The van der Waals surface area contributed by atoms with Crippen molar-refractivity contribution < 1.29 is 4.79 Å². The maximum atomic E-state index is 13.1. The maximum absolute atomic E-state index is 13.1. The summed E-state index contributed by atoms with van der Waals surface area (Å²) in [4.78, 5) is 14.1. The van der Waals surface area contributed by atoms with Crippen molar-refractivity contribution in [3.8, 4) is 0 Å². The summed E-state index contributed by atoms with van der Waals surface area (Å²) in [6.45, 7) is 10.1. The van der Waals surface area contributed by atoms with Gasteiger partial charge in [0.05, 0.1) is 10.6 Å². The summed E-state index contributed by atoms with van der Waals surface area (Å²) < 4.78 is 0. The molecular weight excluding hydrogens is 434 g/mol. The number of hydrogen-bond donors (Lipinski definition) is 1. The van der Waals surface area contributed by atoms with Crippen LogP contribution in [0.5, 0.6) is 0 Å². The number of nitrogens with one attached hydrogen (secondary N) is 1. The summed E-state index contributed by atoms with van der Waals surface area (Å²) >= 11 is 7.99. The Morgan fingerprint density at radius 3 is 2.69 bits per heavy atom. The fourth-order valence-corrected chi connectivity index (χ4v) is 7.01. The van der Waals surface area contributed by atoms with Gasteiger partial charge in [-0.25, -0.2) is 0 Å². The lowest BCUT2D eigenvalue weighted by molar-refractivity contribution is 0.0254. The van der Waals surface area contributed by atoms with Crippen molar-refractivity contribution >= 4 is 29.3 Å². The van der Waals surface area contributed by atoms with Crippen molar-refractivity contribution in [1.29, 1.82) is 0 Å². The van der Waals surface area contributed by atoms with Gasteiger partial charge < -0.3 is 5.32 Å². The standard InChI is InChI=1S/C28H36ClNOS/c1-18(2)20-8-7-19-9-12-25-27(3,13-6-14-28(25,4)23(19)15-20)17-30-26(31)22-16-21(32-5)10-11-24(22)29/h7-8,10-11,15-16,18,25H,6,9,12-14,17H2,1-5H3,(H,30,31)/t25-,27-,28-/m0/s1. The molecule has 0 aromatic heterocycles. The Labute approximate surface area is 202 Å². The number of aryl methyl sites for hydroxylation is 1. The van der Waals surface area contributed by atoms with E-state index in [4.69, 9.17) is 11.6 Å². The van der Waals surface area contributed by atoms with Crippen molar-refractivity contribution in [2.75, 3.05) is 12.8 Å². The lowest BCUT2D eigenvalue weighted by atomic mass is 9.49. The van der Waals surface area contributed by atoms with E-state index in [0.29, 0.717) is 29.0 Å². The molecule has 1 amide bonds. The molecule has 2 aromatic rings. The van der Waals surface area contributed by atoms with Crippen LogP contribution in [0.1, 0.15) is 86.3 Å². The fraction of sp³-hybridized carbons (Fsp3) is 0.536. The highest BCUT2D eigenvalue weighted by molar-refractivity contribution is 7.98. The second kappa shape index (κ2) is 9.06. The van der Waals surface area contributed by atoms with Gasteiger partial charge in [0, 0.05) is 11.4 Å². The van der Waals surface area contributed by atoms with E-state index in [9.17, 15) is 4.79 Å². The monoisotopic (exact) mass is 469 g/mol. The number of hydrogen-bond acceptors (Lipinski definition) is 2. The number of carbonyl (C=O) groups is 1. The van der Waals surface area contributed by atoms with Gasteiger partial charge in [-0.1, -0.05) is 63.9 Å². The lowest BCUT2D eigenvalue weighted by Crippen LogP contribution is -2.53. The summed E-state index contributed by atoms with van der Waals surface area (Å²) in [6, 6.07) is 12.9.